The van der Waals surface area contributed by atoms with E-state index < -0.39 is 14.4 Å². The van der Waals surface area contributed by atoms with Gasteiger partial charge in [0.15, 0.2) is 0 Å². The van der Waals surface area contributed by atoms with Crippen molar-refractivity contribution in [2.24, 2.45) is 17.3 Å². The van der Waals surface area contributed by atoms with Gasteiger partial charge in [-0.05, 0) is 19.1 Å². The molecule has 2 heterocycles. The van der Waals surface area contributed by atoms with Crippen LogP contribution in [0.25, 0.3) is 10.2 Å². The molecule has 0 aliphatic carbocycles. The number of hydrogen-bond acceptors (Lipinski definition) is 7. The Kier molecular flexibility index (Phi) is 5.54. The number of aryl methyl sites for hydroxylation is 2. The van der Waals surface area contributed by atoms with Crippen LogP contribution < -0.4 is 4.80 Å². The lowest BCUT2D eigenvalue weighted by molar-refractivity contribution is 0.188. The van der Waals surface area contributed by atoms with Crippen LogP contribution in [0.2, 0.25) is 0 Å². The van der Waals surface area contributed by atoms with Crippen molar-refractivity contribution in [1.29, 1.82) is 0 Å². The van der Waals surface area contributed by atoms with E-state index in [1.54, 1.807) is 6.92 Å². The van der Waals surface area contributed by atoms with Gasteiger partial charge < -0.3 is 19.5 Å². The minimum Gasteiger partial charge on any atom is -0.505 e. The van der Waals surface area contributed by atoms with E-state index in [2.05, 4.69) is 19.7 Å². The van der Waals surface area contributed by atoms with Gasteiger partial charge in [0, 0.05) is 24.4 Å². The number of phosphoric ester groups is 1. The van der Waals surface area contributed by atoms with E-state index in [1.165, 1.54) is 23.7 Å². The minimum absolute atomic E-state index is 0.151. The van der Waals surface area contributed by atoms with Crippen molar-refractivity contribution >= 4 is 35.6 Å². The van der Waals surface area contributed by atoms with Crippen LogP contribution in [-0.4, -0.2) is 30.7 Å². The van der Waals surface area contributed by atoms with Crippen LogP contribution in [0.4, 0.5) is 0 Å². The van der Waals surface area contributed by atoms with Gasteiger partial charge in [-0.2, -0.15) is 5.10 Å². The van der Waals surface area contributed by atoms with Gasteiger partial charge in [0.2, 0.25) is 4.80 Å². The maximum absolute atomic E-state index is 10.9. The summed E-state index contributed by atoms with van der Waals surface area (Å²) in [5, 5.41) is 18.4. The van der Waals surface area contributed by atoms with Gasteiger partial charge in [0.25, 0.3) is 0 Å². The summed E-state index contributed by atoms with van der Waals surface area (Å²) in [7, 11) is -2.78. The van der Waals surface area contributed by atoms with Crippen molar-refractivity contribution in [3.8, 4) is 5.75 Å². The fourth-order valence-corrected chi connectivity index (χ4v) is 3.66. The van der Waals surface area contributed by atoms with Gasteiger partial charge in [-0.3, -0.25) is 9.51 Å². The number of phosphoric acid groups is 1. The summed E-state index contributed by atoms with van der Waals surface area (Å²) in [6.45, 7) is 1.17. The monoisotopic (exact) mass is 408 g/mol. The number of benzene rings is 1. The van der Waals surface area contributed by atoms with Crippen LogP contribution in [0.3, 0.4) is 0 Å². The number of para-hydroxylation sites is 1. The van der Waals surface area contributed by atoms with Crippen LogP contribution in [0, 0.1) is 6.92 Å². The number of aromatic nitrogens is 2. The molecule has 0 saturated heterocycles. The molecule has 9 nitrogen and oxygen atoms in total. The van der Waals surface area contributed by atoms with Crippen molar-refractivity contribution < 1.29 is 24.0 Å². The van der Waals surface area contributed by atoms with E-state index in [0.717, 1.165) is 10.2 Å². The first-order valence-corrected chi connectivity index (χ1v) is 10.1. The lowest BCUT2D eigenvalue weighted by Gasteiger charge is -2.10. The molecule has 27 heavy (non-hydrogen) atoms. The van der Waals surface area contributed by atoms with Gasteiger partial charge in [-0.1, -0.05) is 23.5 Å². The molecule has 1 aromatic carbocycles. The zero-order valence-corrected chi connectivity index (χ0v) is 16.2. The van der Waals surface area contributed by atoms with E-state index in [9.17, 15) is 9.67 Å². The zero-order valence-electron chi connectivity index (χ0n) is 14.5. The topological polar surface area (TPSA) is 130 Å². The first-order chi connectivity index (χ1) is 12.8. The third kappa shape index (κ3) is 4.49. The molecule has 0 amide bonds. The molecule has 142 valence electrons. The van der Waals surface area contributed by atoms with Gasteiger partial charge in [0.1, 0.15) is 5.75 Å². The molecule has 0 fully saturated rings. The third-order valence-electron chi connectivity index (χ3n) is 3.79. The highest BCUT2D eigenvalue weighted by Gasteiger charge is 2.17. The Hall–Kier alpha value is -2.36. The fraction of sp³-hybridized carbons (Fsp3) is 0.188. The number of thiazole rings is 1. The molecular weight excluding hydrogens is 391 g/mol. The number of nitrogens with zero attached hydrogens (tertiary/aromatic N) is 4. The van der Waals surface area contributed by atoms with E-state index >= 15 is 0 Å². The molecule has 0 aliphatic rings. The van der Waals surface area contributed by atoms with Gasteiger partial charge in [-0.25, -0.2) is 4.57 Å². The van der Waals surface area contributed by atoms with E-state index in [0.29, 0.717) is 10.5 Å². The first-order valence-electron chi connectivity index (χ1n) is 7.75. The summed E-state index contributed by atoms with van der Waals surface area (Å²) in [5.74, 6) is -0.151. The molecule has 0 unspecified atom stereocenters. The lowest BCUT2D eigenvalue weighted by Crippen LogP contribution is -2.09. The molecule has 11 heteroatoms. The zero-order chi connectivity index (χ0) is 19.6. The standard InChI is InChI=1S/C16H17N4O5PS/c1-10-15(21)12(11(7-17-10)9-25-26(22,23)24)8-18-19-16-20(2)13-5-3-4-6-14(13)27-16/h3-8,21H,9H2,1-2H3,(H2,22,23,24)/b18-8+,19-16?. The number of hydrogen-bond donors (Lipinski definition) is 3. The lowest BCUT2D eigenvalue weighted by atomic mass is 10.1. The van der Waals surface area contributed by atoms with Gasteiger partial charge in [0.05, 0.1) is 28.7 Å². The normalized spacial score (nSPS) is 13.1. The first kappa shape index (κ1) is 19.4. The number of aromatic hydroxyl groups is 1. The average Bonchev–Trinajstić information content (AvgIpc) is 2.93. The Balaban J connectivity index is 1.97. The van der Waals surface area contributed by atoms with E-state index in [1.807, 2.05) is 35.9 Å². The number of rotatable bonds is 5. The summed E-state index contributed by atoms with van der Waals surface area (Å²) < 4.78 is 18.4. The largest absolute Gasteiger partial charge is 0.505 e. The molecule has 0 bridgehead atoms. The maximum Gasteiger partial charge on any atom is 0.469 e. The summed E-state index contributed by atoms with van der Waals surface area (Å²) in [6, 6.07) is 7.84. The second-order valence-corrected chi connectivity index (χ2v) is 7.90. The highest BCUT2D eigenvalue weighted by atomic mass is 32.1. The van der Waals surface area contributed by atoms with Crippen LogP contribution in [0.5, 0.6) is 5.75 Å². The molecule has 0 atom stereocenters. The predicted molar refractivity (Wildman–Crippen MR) is 101 cm³/mol. The summed E-state index contributed by atoms with van der Waals surface area (Å²) in [6.07, 6.45) is 2.68. The predicted octanol–water partition coefficient (Wildman–Crippen LogP) is 2.19. The Morgan fingerprint density at radius 2 is 2.11 bits per heavy atom. The Morgan fingerprint density at radius 1 is 1.37 bits per heavy atom. The van der Waals surface area contributed by atoms with E-state index in [-0.39, 0.29) is 16.9 Å². The maximum atomic E-state index is 10.9. The van der Waals surface area contributed by atoms with Gasteiger partial charge >= 0.3 is 7.82 Å². The molecule has 3 N–H and O–H groups in total. The van der Waals surface area contributed by atoms with Crippen molar-refractivity contribution in [2.75, 3.05) is 0 Å². The van der Waals surface area contributed by atoms with Crippen molar-refractivity contribution in [1.82, 2.24) is 9.55 Å². The summed E-state index contributed by atoms with van der Waals surface area (Å²) in [4.78, 5) is 22.4. The highest BCUT2D eigenvalue weighted by Crippen LogP contribution is 2.37. The van der Waals surface area contributed by atoms with Crippen LogP contribution >= 0.6 is 19.2 Å². The second kappa shape index (κ2) is 7.71. The molecule has 0 aliphatic heterocycles. The Labute approximate surface area is 158 Å². The fourth-order valence-electron chi connectivity index (χ4n) is 2.38. The Morgan fingerprint density at radius 3 is 2.81 bits per heavy atom. The SMILES string of the molecule is Cc1ncc(COP(=O)(O)O)c(/C=N/N=c2sc3ccccc3n2C)c1O. The highest BCUT2D eigenvalue weighted by molar-refractivity contribution is 7.46. The van der Waals surface area contributed by atoms with Crippen molar-refractivity contribution in [2.45, 2.75) is 13.5 Å². The smallest absolute Gasteiger partial charge is 0.469 e. The third-order valence-corrected chi connectivity index (χ3v) is 5.36. The molecule has 0 radical (unpaired) electrons. The summed E-state index contributed by atoms with van der Waals surface area (Å²) in [5.41, 5.74) is 1.89. The average molecular weight is 408 g/mol. The van der Waals surface area contributed by atoms with Crippen molar-refractivity contribution in [3.05, 3.63) is 52.1 Å². The molecule has 3 aromatic rings. The quantitative estimate of drug-likeness (QED) is 0.337. The van der Waals surface area contributed by atoms with Crippen LogP contribution in [0.1, 0.15) is 16.8 Å². The van der Waals surface area contributed by atoms with Crippen LogP contribution in [-0.2, 0) is 22.7 Å². The van der Waals surface area contributed by atoms with Crippen LogP contribution in [0.15, 0.2) is 40.7 Å². The molecule has 0 saturated carbocycles. The number of pyridine rings is 1. The molecule has 2 aromatic heterocycles. The molecular formula is C16H17N4O5PS. The summed E-state index contributed by atoms with van der Waals surface area (Å²) >= 11 is 1.46. The number of fused-ring (bicyclic) bond motifs is 1. The van der Waals surface area contributed by atoms with E-state index in [4.69, 9.17) is 9.79 Å². The second-order valence-electron chi connectivity index (χ2n) is 5.65. The van der Waals surface area contributed by atoms with Crippen molar-refractivity contribution in [3.63, 3.8) is 0 Å². The van der Waals surface area contributed by atoms with Gasteiger partial charge in [-0.15, -0.1) is 5.10 Å². The molecule has 0 spiro atoms. The minimum atomic E-state index is -4.65. The molecule has 3 rings (SSSR count). The Bertz CT molecular complexity index is 1130.